The van der Waals surface area contributed by atoms with E-state index >= 15 is 0 Å². The van der Waals surface area contributed by atoms with E-state index in [1.807, 2.05) is 0 Å². The van der Waals surface area contributed by atoms with Crippen LogP contribution in [-0.2, 0) is 11.3 Å². The molecule has 0 spiro atoms. The molecule has 2 aromatic carbocycles. The summed E-state index contributed by atoms with van der Waals surface area (Å²) in [6.45, 7) is 8.80. The first-order valence-corrected chi connectivity index (χ1v) is 9.03. The number of methoxy groups -OCH3 is 1. The van der Waals surface area contributed by atoms with Crippen molar-refractivity contribution in [1.82, 2.24) is 10.2 Å². The van der Waals surface area contributed by atoms with E-state index in [4.69, 9.17) is 4.74 Å². The summed E-state index contributed by atoms with van der Waals surface area (Å²) in [4.78, 5) is 14.0. The molecule has 1 fully saturated rings. The Bertz CT molecular complexity index is 757. The van der Waals surface area contributed by atoms with E-state index < -0.39 is 0 Å². The number of benzene rings is 2. The van der Waals surface area contributed by atoms with Crippen LogP contribution in [0.1, 0.15) is 26.3 Å². The van der Waals surface area contributed by atoms with Crippen molar-refractivity contribution in [2.45, 2.75) is 33.4 Å². The minimum atomic E-state index is 0.0558. The molecule has 1 heterocycles. The Labute approximate surface area is 150 Å². The van der Waals surface area contributed by atoms with Gasteiger partial charge in [0.2, 0.25) is 5.91 Å². The van der Waals surface area contributed by atoms with Crippen molar-refractivity contribution in [2.75, 3.05) is 20.2 Å². The van der Waals surface area contributed by atoms with Gasteiger partial charge in [0.05, 0.1) is 7.11 Å². The maximum atomic E-state index is 11.6. The highest BCUT2D eigenvalue weighted by Crippen LogP contribution is 2.32. The average molecular weight is 340 g/mol. The molecule has 3 rings (SSSR count). The van der Waals surface area contributed by atoms with E-state index in [2.05, 4.69) is 60.5 Å². The first-order chi connectivity index (χ1) is 12.0. The first kappa shape index (κ1) is 17.7. The van der Waals surface area contributed by atoms with Gasteiger partial charge in [0, 0.05) is 38.2 Å². The van der Waals surface area contributed by atoms with Crippen LogP contribution in [0.2, 0.25) is 0 Å². The minimum Gasteiger partial charge on any atom is -0.496 e. The zero-order valence-corrected chi connectivity index (χ0v) is 15.6. The van der Waals surface area contributed by atoms with Crippen LogP contribution in [0.15, 0.2) is 36.4 Å². The maximum absolute atomic E-state index is 11.6. The maximum Gasteiger partial charge on any atom is 0.217 e. The Kier molecular flexibility index (Phi) is 5.28. The van der Waals surface area contributed by atoms with Gasteiger partial charge in [0.1, 0.15) is 5.75 Å². The molecule has 25 heavy (non-hydrogen) atoms. The van der Waals surface area contributed by atoms with Crippen molar-refractivity contribution < 1.29 is 9.53 Å². The highest BCUT2D eigenvalue weighted by molar-refractivity contribution is 5.87. The third kappa shape index (κ3) is 3.79. The predicted octanol–water partition coefficient (Wildman–Crippen LogP) is 3.44. The summed E-state index contributed by atoms with van der Waals surface area (Å²) in [5.41, 5.74) is 1.23. The van der Waals surface area contributed by atoms with Gasteiger partial charge < -0.3 is 10.1 Å². The Morgan fingerprint density at radius 1 is 1.24 bits per heavy atom. The second kappa shape index (κ2) is 7.44. The third-order valence-corrected chi connectivity index (χ3v) is 5.28. The Hall–Kier alpha value is -2.07. The SMILES string of the molecule is COc1ccc2ccccc2c1CN1C[C@@H](NC(C)=O)[C@H](C(C)C)C1. The molecule has 0 radical (unpaired) electrons. The molecule has 4 nitrogen and oxygen atoms in total. The van der Waals surface area contributed by atoms with Crippen LogP contribution in [0, 0.1) is 11.8 Å². The van der Waals surface area contributed by atoms with Gasteiger partial charge in [0.15, 0.2) is 0 Å². The lowest BCUT2D eigenvalue weighted by Crippen LogP contribution is -2.40. The van der Waals surface area contributed by atoms with Crippen molar-refractivity contribution in [3.63, 3.8) is 0 Å². The van der Waals surface area contributed by atoms with Crippen LogP contribution < -0.4 is 10.1 Å². The number of amides is 1. The fourth-order valence-corrected chi connectivity index (χ4v) is 4.03. The molecule has 1 saturated heterocycles. The van der Waals surface area contributed by atoms with E-state index in [0.717, 1.165) is 25.4 Å². The topological polar surface area (TPSA) is 41.6 Å². The van der Waals surface area contributed by atoms with Crippen LogP contribution in [0.5, 0.6) is 5.75 Å². The molecule has 2 aromatic rings. The van der Waals surface area contributed by atoms with Gasteiger partial charge in [0.25, 0.3) is 0 Å². The van der Waals surface area contributed by atoms with Crippen molar-refractivity contribution in [3.05, 3.63) is 42.0 Å². The molecule has 1 N–H and O–H groups in total. The molecule has 134 valence electrons. The number of ether oxygens (including phenoxy) is 1. The highest BCUT2D eigenvalue weighted by atomic mass is 16.5. The molecule has 1 aliphatic heterocycles. The van der Waals surface area contributed by atoms with E-state index in [0.29, 0.717) is 11.8 Å². The van der Waals surface area contributed by atoms with Crippen LogP contribution in [0.3, 0.4) is 0 Å². The minimum absolute atomic E-state index is 0.0558. The van der Waals surface area contributed by atoms with Gasteiger partial charge in [-0.25, -0.2) is 0 Å². The lowest BCUT2D eigenvalue weighted by atomic mass is 9.91. The third-order valence-electron chi connectivity index (χ3n) is 5.28. The van der Waals surface area contributed by atoms with E-state index in [9.17, 15) is 4.79 Å². The number of fused-ring (bicyclic) bond motifs is 1. The summed E-state index contributed by atoms with van der Waals surface area (Å²) in [6, 6.07) is 12.8. The average Bonchev–Trinajstić information content (AvgIpc) is 2.97. The first-order valence-electron chi connectivity index (χ1n) is 9.03. The van der Waals surface area contributed by atoms with Crippen molar-refractivity contribution >= 4 is 16.7 Å². The molecule has 0 aromatic heterocycles. The Morgan fingerprint density at radius 3 is 2.68 bits per heavy atom. The van der Waals surface area contributed by atoms with Crippen LogP contribution >= 0.6 is 0 Å². The lowest BCUT2D eigenvalue weighted by Gasteiger charge is -2.22. The van der Waals surface area contributed by atoms with E-state index in [1.165, 1.54) is 16.3 Å². The molecule has 1 aliphatic rings. The molecule has 0 bridgehead atoms. The number of hydrogen-bond acceptors (Lipinski definition) is 3. The van der Waals surface area contributed by atoms with Crippen LogP contribution in [-0.4, -0.2) is 37.0 Å². The number of carbonyl (C=O) groups excluding carboxylic acids is 1. The second-order valence-corrected chi connectivity index (χ2v) is 7.38. The van der Waals surface area contributed by atoms with Gasteiger partial charge in [-0.15, -0.1) is 0 Å². The lowest BCUT2D eigenvalue weighted by molar-refractivity contribution is -0.119. The molecule has 0 aliphatic carbocycles. The van der Waals surface area contributed by atoms with Crippen molar-refractivity contribution in [2.24, 2.45) is 11.8 Å². The quantitative estimate of drug-likeness (QED) is 0.906. The summed E-state index contributed by atoms with van der Waals surface area (Å²) in [7, 11) is 1.73. The van der Waals surface area contributed by atoms with Gasteiger partial charge in [-0.1, -0.05) is 44.2 Å². The Morgan fingerprint density at radius 2 is 2.00 bits per heavy atom. The monoisotopic (exact) mass is 340 g/mol. The number of nitrogens with one attached hydrogen (secondary N) is 1. The molecule has 4 heteroatoms. The van der Waals surface area contributed by atoms with E-state index in [-0.39, 0.29) is 11.9 Å². The second-order valence-electron chi connectivity index (χ2n) is 7.38. The zero-order chi connectivity index (χ0) is 18.0. The van der Waals surface area contributed by atoms with Crippen molar-refractivity contribution in [1.29, 1.82) is 0 Å². The molecular formula is C21H28N2O2. The number of likely N-dealkylation sites (tertiary alicyclic amines) is 1. The summed E-state index contributed by atoms with van der Waals surface area (Å²) >= 11 is 0. The normalized spacial score (nSPS) is 21.0. The van der Waals surface area contributed by atoms with Gasteiger partial charge in [-0.05, 0) is 28.7 Å². The summed E-state index contributed by atoms with van der Waals surface area (Å²) in [5.74, 6) is 2.00. The molecular weight excluding hydrogens is 312 g/mol. The standard InChI is InChI=1S/C21H28N2O2/c1-14(2)18-11-23(13-20(18)22-15(3)24)12-19-17-8-6-5-7-16(17)9-10-21(19)25-4/h5-10,14,18,20H,11-13H2,1-4H3,(H,22,24)/t18-,20+/m0/s1. The van der Waals surface area contributed by atoms with Gasteiger partial charge in [-0.3, -0.25) is 9.69 Å². The summed E-state index contributed by atoms with van der Waals surface area (Å²) in [6.07, 6.45) is 0. The van der Waals surface area contributed by atoms with Gasteiger partial charge >= 0.3 is 0 Å². The van der Waals surface area contributed by atoms with Crippen LogP contribution in [0.4, 0.5) is 0 Å². The van der Waals surface area contributed by atoms with Crippen molar-refractivity contribution in [3.8, 4) is 5.75 Å². The molecule has 0 unspecified atom stereocenters. The smallest absolute Gasteiger partial charge is 0.217 e. The van der Waals surface area contributed by atoms with E-state index in [1.54, 1.807) is 14.0 Å². The fraction of sp³-hybridized carbons (Fsp3) is 0.476. The summed E-state index contributed by atoms with van der Waals surface area (Å²) < 4.78 is 5.63. The summed E-state index contributed by atoms with van der Waals surface area (Å²) in [5, 5.41) is 5.62. The molecule has 1 amide bonds. The van der Waals surface area contributed by atoms with Gasteiger partial charge in [-0.2, -0.15) is 0 Å². The zero-order valence-electron chi connectivity index (χ0n) is 15.6. The largest absolute Gasteiger partial charge is 0.496 e. The number of rotatable bonds is 5. The van der Waals surface area contributed by atoms with Crippen LogP contribution in [0.25, 0.3) is 10.8 Å². The highest BCUT2D eigenvalue weighted by Gasteiger charge is 2.35. The predicted molar refractivity (Wildman–Crippen MR) is 102 cm³/mol. The Balaban J connectivity index is 1.87. The fourth-order valence-electron chi connectivity index (χ4n) is 4.03. The number of carbonyl (C=O) groups is 1. The number of nitrogens with zero attached hydrogens (tertiary/aromatic N) is 1. The molecule has 0 saturated carbocycles. The molecule has 2 atom stereocenters. The number of hydrogen-bond donors (Lipinski definition) is 1.